The molecule has 5 heteroatoms. The van der Waals surface area contributed by atoms with Gasteiger partial charge in [0.25, 0.3) is 0 Å². The molecule has 0 atom stereocenters. The molecule has 0 aliphatic rings. The van der Waals surface area contributed by atoms with Crippen molar-refractivity contribution in [1.29, 1.82) is 0 Å². The Labute approximate surface area is 152 Å². The summed E-state index contributed by atoms with van der Waals surface area (Å²) in [5.41, 5.74) is 1.05. The fourth-order valence-corrected chi connectivity index (χ4v) is 2.46. The van der Waals surface area contributed by atoms with Crippen LogP contribution in [0.1, 0.15) is 66.2 Å². The van der Waals surface area contributed by atoms with Gasteiger partial charge in [-0.25, -0.2) is 4.79 Å². The number of unbranched alkanes of at least 4 members (excludes halogenated alkanes) is 5. The summed E-state index contributed by atoms with van der Waals surface area (Å²) < 4.78 is 10.6. The lowest BCUT2D eigenvalue weighted by Crippen LogP contribution is -2.27. The number of rotatable bonds is 10. The Kier molecular flexibility index (Phi) is 9.17. The average molecular weight is 351 g/mol. The minimum Gasteiger partial charge on any atom is -0.494 e. The summed E-state index contributed by atoms with van der Waals surface area (Å²) in [6, 6.07) is 5.66. The second kappa shape index (κ2) is 10.9. The van der Waals surface area contributed by atoms with Gasteiger partial charge in [-0.2, -0.15) is 0 Å². The molecule has 0 spiro atoms. The van der Waals surface area contributed by atoms with Gasteiger partial charge in [-0.05, 0) is 39.3 Å². The number of ether oxygens (including phenoxy) is 2. The number of amides is 1. The third-order valence-electron chi connectivity index (χ3n) is 3.70. The summed E-state index contributed by atoms with van der Waals surface area (Å²) >= 11 is 0. The molecule has 0 heterocycles. The van der Waals surface area contributed by atoms with Crippen molar-refractivity contribution >= 4 is 17.5 Å². The van der Waals surface area contributed by atoms with Crippen molar-refractivity contribution in [3.8, 4) is 5.75 Å². The van der Waals surface area contributed by atoms with Gasteiger partial charge < -0.3 is 14.8 Å². The van der Waals surface area contributed by atoms with Crippen LogP contribution in [0.4, 0.5) is 16.2 Å². The Hall–Kier alpha value is -1.91. The molecule has 1 amide bonds. The van der Waals surface area contributed by atoms with Gasteiger partial charge >= 0.3 is 6.09 Å². The minimum atomic E-state index is -0.532. The molecule has 0 unspecified atom stereocenters. The van der Waals surface area contributed by atoms with Crippen LogP contribution in [0.15, 0.2) is 18.2 Å². The van der Waals surface area contributed by atoms with E-state index in [1.165, 1.54) is 32.1 Å². The number of hydrogen-bond donors (Lipinski definition) is 2. The molecular weight excluding hydrogens is 316 g/mol. The van der Waals surface area contributed by atoms with Crippen LogP contribution in [0, 0.1) is 0 Å². The van der Waals surface area contributed by atoms with Crippen LogP contribution in [0.3, 0.4) is 0 Å². The van der Waals surface area contributed by atoms with E-state index >= 15 is 0 Å². The molecule has 1 aromatic rings. The Bertz CT molecular complexity index is 524. The highest BCUT2D eigenvalue weighted by Gasteiger charge is 2.17. The van der Waals surface area contributed by atoms with Crippen molar-refractivity contribution in [3.05, 3.63) is 18.2 Å². The van der Waals surface area contributed by atoms with E-state index in [0.29, 0.717) is 11.4 Å². The van der Waals surface area contributed by atoms with Crippen LogP contribution in [-0.4, -0.2) is 25.3 Å². The van der Waals surface area contributed by atoms with Crippen LogP contribution < -0.4 is 15.4 Å². The van der Waals surface area contributed by atoms with Crippen molar-refractivity contribution in [2.45, 2.75) is 71.8 Å². The molecule has 0 bridgehead atoms. The first-order valence-electron chi connectivity index (χ1n) is 9.27. The normalized spacial score (nSPS) is 11.1. The smallest absolute Gasteiger partial charge is 0.412 e. The van der Waals surface area contributed by atoms with Gasteiger partial charge in [0.2, 0.25) is 0 Å². The molecule has 0 radical (unpaired) electrons. The van der Waals surface area contributed by atoms with E-state index in [1.807, 2.05) is 39.0 Å². The van der Waals surface area contributed by atoms with E-state index in [-0.39, 0.29) is 0 Å². The highest BCUT2D eigenvalue weighted by atomic mass is 16.6. The van der Waals surface area contributed by atoms with Crippen LogP contribution in [0.2, 0.25) is 0 Å². The zero-order valence-electron chi connectivity index (χ0n) is 16.4. The summed E-state index contributed by atoms with van der Waals surface area (Å²) in [4.78, 5) is 11.9. The van der Waals surface area contributed by atoms with Gasteiger partial charge in [-0.15, -0.1) is 0 Å². The van der Waals surface area contributed by atoms with E-state index in [2.05, 4.69) is 17.6 Å². The molecule has 0 aromatic heterocycles. The molecule has 0 aliphatic heterocycles. The first kappa shape index (κ1) is 21.1. The quantitative estimate of drug-likeness (QED) is 0.522. The fourth-order valence-electron chi connectivity index (χ4n) is 2.46. The predicted molar refractivity (Wildman–Crippen MR) is 105 cm³/mol. The third-order valence-corrected chi connectivity index (χ3v) is 3.70. The fraction of sp³-hybridized carbons (Fsp3) is 0.650. The maximum absolute atomic E-state index is 11.9. The molecule has 1 rings (SSSR count). The maximum Gasteiger partial charge on any atom is 0.412 e. The molecule has 0 aliphatic carbocycles. The highest BCUT2D eigenvalue weighted by molar-refractivity contribution is 5.87. The third kappa shape index (κ3) is 9.22. The van der Waals surface area contributed by atoms with Gasteiger partial charge in [-0.3, -0.25) is 5.32 Å². The zero-order valence-corrected chi connectivity index (χ0v) is 16.4. The molecule has 2 N–H and O–H groups in total. The largest absolute Gasteiger partial charge is 0.494 e. The molecular formula is C20H34N2O3. The summed E-state index contributed by atoms with van der Waals surface area (Å²) in [6.07, 6.45) is 7.16. The number of benzene rings is 1. The lowest BCUT2D eigenvalue weighted by molar-refractivity contribution is 0.0635. The van der Waals surface area contributed by atoms with Crippen LogP contribution in [0.25, 0.3) is 0 Å². The van der Waals surface area contributed by atoms with Crippen LogP contribution in [-0.2, 0) is 4.74 Å². The van der Waals surface area contributed by atoms with E-state index in [0.717, 1.165) is 18.7 Å². The van der Waals surface area contributed by atoms with Gasteiger partial charge in [0, 0.05) is 18.3 Å². The lowest BCUT2D eigenvalue weighted by atomic mass is 10.1. The van der Waals surface area contributed by atoms with Crippen molar-refractivity contribution in [2.75, 3.05) is 24.3 Å². The number of nitrogens with one attached hydrogen (secondary N) is 2. The Balaban J connectivity index is 2.47. The van der Waals surface area contributed by atoms with Crippen molar-refractivity contribution in [3.63, 3.8) is 0 Å². The van der Waals surface area contributed by atoms with Gasteiger partial charge in [-0.1, -0.05) is 39.0 Å². The van der Waals surface area contributed by atoms with Gasteiger partial charge in [0.15, 0.2) is 0 Å². The topological polar surface area (TPSA) is 59.6 Å². The predicted octanol–water partition coefficient (Wildman–Crippen LogP) is 5.81. The van der Waals surface area contributed by atoms with E-state index in [9.17, 15) is 4.79 Å². The number of hydrogen-bond acceptors (Lipinski definition) is 4. The van der Waals surface area contributed by atoms with Crippen molar-refractivity contribution in [1.82, 2.24) is 0 Å². The number of methoxy groups -OCH3 is 1. The molecule has 142 valence electrons. The number of anilines is 2. The monoisotopic (exact) mass is 350 g/mol. The molecule has 1 aromatic carbocycles. The van der Waals surface area contributed by atoms with Gasteiger partial charge in [0.05, 0.1) is 12.8 Å². The van der Waals surface area contributed by atoms with Crippen molar-refractivity contribution in [2.24, 2.45) is 0 Å². The van der Waals surface area contributed by atoms with E-state index in [1.54, 1.807) is 7.11 Å². The standard InChI is InChI=1S/C20H34N2O3/c1-6-7-8-9-10-11-14-21-16-12-13-17(18(15-16)24-5)22-19(23)25-20(2,3)4/h12-13,15,21H,6-11,14H2,1-5H3,(H,22,23). The summed E-state index contributed by atoms with van der Waals surface area (Å²) in [5.74, 6) is 0.610. The first-order chi connectivity index (χ1) is 11.9. The second-order valence-electron chi connectivity index (χ2n) is 7.24. The Morgan fingerprint density at radius 1 is 1.08 bits per heavy atom. The summed E-state index contributed by atoms with van der Waals surface area (Å²) in [6.45, 7) is 8.67. The summed E-state index contributed by atoms with van der Waals surface area (Å²) in [5, 5.41) is 6.13. The average Bonchev–Trinajstić information content (AvgIpc) is 2.53. The molecule has 0 fully saturated rings. The highest BCUT2D eigenvalue weighted by Crippen LogP contribution is 2.28. The minimum absolute atomic E-state index is 0.487. The SMILES string of the molecule is CCCCCCCCNc1ccc(NC(=O)OC(C)(C)C)c(OC)c1. The van der Waals surface area contributed by atoms with Crippen LogP contribution >= 0.6 is 0 Å². The summed E-state index contributed by atoms with van der Waals surface area (Å²) in [7, 11) is 1.59. The maximum atomic E-state index is 11.9. The van der Waals surface area contributed by atoms with E-state index < -0.39 is 11.7 Å². The van der Waals surface area contributed by atoms with Crippen LogP contribution in [0.5, 0.6) is 5.75 Å². The number of carbonyl (C=O) groups is 1. The second-order valence-corrected chi connectivity index (χ2v) is 7.24. The van der Waals surface area contributed by atoms with E-state index in [4.69, 9.17) is 9.47 Å². The zero-order chi connectivity index (χ0) is 18.7. The molecule has 5 nitrogen and oxygen atoms in total. The van der Waals surface area contributed by atoms with Gasteiger partial charge in [0.1, 0.15) is 11.4 Å². The van der Waals surface area contributed by atoms with Crippen molar-refractivity contribution < 1.29 is 14.3 Å². The molecule has 25 heavy (non-hydrogen) atoms. The lowest BCUT2D eigenvalue weighted by Gasteiger charge is -2.20. The Morgan fingerprint density at radius 2 is 1.76 bits per heavy atom. The number of carbonyl (C=O) groups excluding carboxylic acids is 1. The first-order valence-corrected chi connectivity index (χ1v) is 9.27. The molecule has 0 saturated heterocycles. The molecule has 0 saturated carbocycles. The Morgan fingerprint density at radius 3 is 2.40 bits per heavy atom.